The van der Waals surface area contributed by atoms with Gasteiger partial charge in [0.05, 0.1) is 6.61 Å². The van der Waals surface area contributed by atoms with E-state index in [1.165, 1.54) is 22.4 Å². The number of carbonyl (C=O) groups is 1. The van der Waals surface area contributed by atoms with Crippen molar-refractivity contribution in [3.63, 3.8) is 0 Å². The molecular weight excluding hydrogens is 298 g/mol. The molecule has 3 aromatic rings. The maximum absolute atomic E-state index is 11.7. The molecule has 0 atom stereocenters. The van der Waals surface area contributed by atoms with Gasteiger partial charge < -0.3 is 4.74 Å². The Hall–Kier alpha value is -2.94. The van der Waals surface area contributed by atoms with Gasteiger partial charge in [0.25, 0.3) is 0 Å². The minimum absolute atomic E-state index is 0.315. The smallest absolute Gasteiger partial charge is 0.330 e. The molecule has 0 saturated carbocycles. The van der Waals surface area contributed by atoms with Crippen LogP contribution in [0, 0.1) is 0 Å². The Morgan fingerprint density at radius 1 is 1.00 bits per heavy atom. The van der Waals surface area contributed by atoms with E-state index in [0.29, 0.717) is 6.61 Å². The predicted octanol–water partition coefficient (Wildman–Crippen LogP) is 4.42. The van der Waals surface area contributed by atoms with Gasteiger partial charge in [0.15, 0.2) is 0 Å². The maximum Gasteiger partial charge on any atom is 0.330 e. The number of nitrogens with zero attached hydrogens (tertiary/aromatic N) is 1. The maximum atomic E-state index is 11.7. The number of hydrogen-bond acceptors (Lipinski definition) is 3. The molecule has 3 nitrogen and oxygen atoms in total. The number of esters is 1. The van der Waals surface area contributed by atoms with Crippen LogP contribution in [0.2, 0.25) is 0 Å². The van der Waals surface area contributed by atoms with E-state index in [-0.39, 0.29) is 5.97 Å². The second-order valence-electron chi connectivity index (χ2n) is 5.52. The Morgan fingerprint density at radius 2 is 1.79 bits per heavy atom. The van der Waals surface area contributed by atoms with Crippen molar-refractivity contribution in [1.29, 1.82) is 0 Å². The van der Waals surface area contributed by atoms with Crippen LogP contribution in [-0.2, 0) is 16.0 Å². The van der Waals surface area contributed by atoms with Gasteiger partial charge >= 0.3 is 5.97 Å². The summed E-state index contributed by atoms with van der Waals surface area (Å²) in [4.78, 5) is 15.6. The molecule has 0 unspecified atom stereocenters. The topological polar surface area (TPSA) is 39.2 Å². The molecule has 3 rings (SSSR count). The van der Waals surface area contributed by atoms with E-state index in [2.05, 4.69) is 41.4 Å². The average Bonchev–Trinajstić information content (AvgIpc) is 2.64. The lowest BCUT2D eigenvalue weighted by atomic mass is 10.0. The fraction of sp³-hybridized carbons (Fsp3) is 0.143. The van der Waals surface area contributed by atoms with Gasteiger partial charge in [0.1, 0.15) is 0 Å². The highest BCUT2D eigenvalue weighted by Gasteiger charge is 2.02. The molecule has 1 heterocycles. The first-order valence-electron chi connectivity index (χ1n) is 8.04. The number of aromatic nitrogens is 1. The second-order valence-corrected chi connectivity index (χ2v) is 5.52. The van der Waals surface area contributed by atoms with Crippen molar-refractivity contribution in [2.24, 2.45) is 0 Å². The van der Waals surface area contributed by atoms with Gasteiger partial charge in [-0.1, -0.05) is 42.5 Å². The van der Waals surface area contributed by atoms with E-state index in [4.69, 9.17) is 4.74 Å². The number of pyridine rings is 1. The second kappa shape index (κ2) is 8.06. The van der Waals surface area contributed by atoms with Crippen molar-refractivity contribution in [3.8, 4) is 0 Å². The molecule has 0 amide bonds. The number of ether oxygens (including phenoxy) is 1. The van der Waals surface area contributed by atoms with Crippen molar-refractivity contribution in [2.75, 3.05) is 6.61 Å². The minimum Gasteiger partial charge on any atom is -0.463 e. The molecule has 0 saturated heterocycles. The van der Waals surface area contributed by atoms with Gasteiger partial charge in [-0.3, -0.25) is 4.98 Å². The van der Waals surface area contributed by atoms with E-state index in [9.17, 15) is 4.79 Å². The molecule has 2 aromatic carbocycles. The summed E-state index contributed by atoms with van der Waals surface area (Å²) < 4.78 is 5.26. The first-order chi connectivity index (χ1) is 11.8. The number of hydrogen-bond donors (Lipinski definition) is 0. The number of fused-ring (bicyclic) bond motifs is 1. The zero-order chi connectivity index (χ0) is 16.6. The van der Waals surface area contributed by atoms with Gasteiger partial charge in [-0.05, 0) is 52.9 Å². The highest BCUT2D eigenvalue weighted by molar-refractivity contribution is 5.87. The summed E-state index contributed by atoms with van der Waals surface area (Å²) in [5, 5.41) is 2.51. The van der Waals surface area contributed by atoms with E-state index >= 15 is 0 Å². The molecule has 0 aliphatic heterocycles. The first kappa shape index (κ1) is 15.9. The Morgan fingerprint density at radius 3 is 2.67 bits per heavy atom. The van der Waals surface area contributed by atoms with E-state index in [1.54, 1.807) is 18.5 Å². The van der Waals surface area contributed by atoms with Crippen LogP contribution < -0.4 is 0 Å². The van der Waals surface area contributed by atoms with Gasteiger partial charge in [-0.15, -0.1) is 0 Å². The van der Waals surface area contributed by atoms with Crippen LogP contribution in [0.4, 0.5) is 0 Å². The van der Waals surface area contributed by atoms with Crippen molar-refractivity contribution in [1.82, 2.24) is 4.98 Å². The quantitative estimate of drug-likeness (QED) is 0.384. The van der Waals surface area contributed by atoms with Crippen LogP contribution in [-0.4, -0.2) is 17.6 Å². The largest absolute Gasteiger partial charge is 0.463 e. The monoisotopic (exact) mass is 317 g/mol. The Balaban J connectivity index is 1.48. The van der Waals surface area contributed by atoms with Gasteiger partial charge in [0.2, 0.25) is 0 Å². The van der Waals surface area contributed by atoms with Crippen LogP contribution in [0.5, 0.6) is 0 Å². The lowest BCUT2D eigenvalue weighted by Gasteiger charge is -2.06. The molecule has 120 valence electrons. The summed E-state index contributed by atoms with van der Waals surface area (Å²) in [7, 11) is 0. The number of rotatable bonds is 6. The molecule has 24 heavy (non-hydrogen) atoms. The minimum atomic E-state index is -0.315. The normalized spacial score (nSPS) is 11.0. The SMILES string of the molecule is O=C(/C=C/c1ccncc1)OCCCc1cccc2ccccc12. The zero-order valence-corrected chi connectivity index (χ0v) is 13.4. The zero-order valence-electron chi connectivity index (χ0n) is 13.4. The highest BCUT2D eigenvalue weighted by Crippen LogP contribution is 2.19. The van der Waals surface area contributed by atoms with Crippen LogP contribution in [0.3, 0.4) is 0 Å². The third kappa shape index (κ3) is 4.29. The summed E-state index contributed by atoms with van der Waals surface area (Å²) in [6, 6.07) is 18.3. The Labute approximate surface area is 141 Å². The van der Waals surface area contributed by atoms with Crippen molar-refractivity contribution < 1.29 is 9.53 Å². The van der Waals surface area contributed by atoms with Gasteiger partial charge in [0, 0.05) is 18.5 Å². The van der Waals surface area contributed by atoms with Crippen LogP contribution in [0.15, 0.2) is 73.1 Å². The van der Waals surface area contributed by atoms with Crippen molar-refractivity contribution >= 4 is 22.8 Å². The van der Waals surface area contributed by atoms with Gasteiger partial charge in [-0.2, -0.15) is 0 Å². The molecule has 0 fully saturated rings. The molecule has 0 aliphatic carbocycles. The molecule has 0 radical (unpaired) electrons. The summed E-state index contributed by atoms with van der Waals surface area (Å²) >= 11 is 0. The van der Waals surface area contributed by atoms with E-state index < -0.39 is 0 Å². The summed E-state index contributed by atoms with van der Waals surface area (Å²) in [6.45, 7) is 0.419. The number of benzene rings is 2. The summed E-state index contributed by atoms with van der Waals surface area (Å²) in [5.74, 6) is -0.315. The molecular formula is C21H19NO2. The van der Waals surface area contributed by atoms with Crippen molar-refractivity contribution in [2.45, 2.75) is 12.8 Å². The average molecular weight is 317 g/mol. The van der Waals surface area contributed by atoms with E-state index in [1.807, 2.05) is 18.2 Å². The first-order valence-corrected chi connectivity index (χ1v) is 8.04. The fourth-order valence-corrected chi connectivity index (χ4v) is 2.63. The van der Waals surface area contributed by atoms with Gasteiger partial charge in [-0.25, -0.2) is 4.79 Å². The standard InChI is InChI=1S/C21H19NO2/c23-21(11-10-17-12-14-22-15-13-17)24-16-4-8-19-7-3-6-18-5-1-2-9-20(18)19/h1-3,5-7,9-15H,4,8,16H2/b11-10+. The molecule has 3 heteroatoms. The third-order valence-electron chi connectivity index (χ3n) is 3.83. The molecule has 0 spiro atoms. The number of aryl methyl sites for hydroxylation is 1. The highest BCUT2D eigenvalue weighted by atomic mass is 16.5. The van der Waals surface area contributed by atoms with E-state index in [0.717, 1.165) is 18.4 Å². The number of carbonyl (C=O) groups excluding carboxylic acids is 1. The van der Waals surface area contributed by atoms with Crippen LogP contribution in [0.25, 0.3) is 16.8 Å². The van der Waals surface area contributed by atoms with Crippen molar-refractivity contribution in [3.05, 3.63) is 84.2 Å². The Kier molecular flexibility index (Phi) is 5.36. The van der Waals surface area contributed by atoms with Crippen LogP contribution in [0.1, 0.15) is 17.5 Å². The van der Waals surface area contributed by atoms with Crippen LogP contribution >= 0.6 is 0 Å². The molecule has 0 bridgehead atoms. The lowest BCUT2D eigenvalue weighted by molar-refractivity contribution is -0.137. The molecule has 1 aromatic heterocycles. The molecule has 0 N–H and O–H groups in total. The third-order valence-corrected chi connectivity index (χ3v) is 3.83. The summed E-state index contributed by atoms with van der Waals surface area (Å²) in [6.07, 6.45) is 8.26. The Bertz CT molecular complexity index is 835. The molecule has 0 aliphatic rings. The fourth-order valence-electron chi connectivity index (χ4n) is 2.63. The predicted molar refractivity (Wildman–Crippen MR) is 96.5 cm³/mol. The lowest BCUT2D eigenvalue weighted by Crippen LogP contribution is -2.03. The summed E-state index contributed by atoms with van der Waals surface area (Å²) in [5.41, 5.74) is 2.22.